The third-order valence-corrected chi connectivity index (χ3v) is 14.1. The fourth-order valence-electron chi connectivity index (χ4n) is 9.38. The second-order valence-corrected chi connectivity index (χ2v) is 21.3. The Kier molecular flexibility index (Phi) is 58.7. The van der Waals surface area contributed by atoms with Gasteiger partial charge >= 0.3 is 17.9 Å². The van der Waals surface area contributed by atoms with E-state index in [-0.39, 0.29) is 31.1 Å². The van der Waals surface area contributed by atoms with E-state index >= 15 is 0 Å². The maximum atomic E-state index is 12.9. The summed E-state index contributed by atoms with van der Waals surface area (Å²) >= 11 is 0. The molecule has 0 aliphatic rings. The van der Waals surface area contributed by atoms with Crippen LogP contribution in [0.4, 0.5) is 0 Å². The normalized spacial score (nSPS) is 12.3. The van der Waals surface area contributed by atoms with E-state index in [1.54, 1.807) is 0 Å². The van der Waals surface area contributed by atoms with Crippen LogP contribution in [-0.4, -0.2) is 37.2 Å². The van der Waals surface area contributed by atoms with Crippen molar-refractivity contribution in [2.75, 3.05) is 13.2 Å². The minimum atomic E-state index is -0.783. The van der Waals surface area contributed by atoms with Crippen molar-refractivity contribution < 1.29 is 28.6 Å². The third kappa shape index (κ3) is 58.3. The van der Waals surface area contributed by atoms with E-state index in [4.69, 9.17) is 14.2 Å². The molecule has 0 rings (SSSR count). The van der Waals surface area contributed by atoms with Crippen LogP contribution in [0, 0.1) is 0 Å². The van der Waals surface area contributed by atoms with Crippen molar-refractivity contribution in [3.8, 4) is 0 Å². The lowest BCUT2D eigenvalue weighted by Gasteiger charge is -2.18. The zero-order chi connectivity index (χ0) is 52.2. The van der Waals surface area contributed by atoms with E-state index in [0.29, 0.717) is 19.3 Å². The molecule has 72 heavy (non-hydrogen) atoms. The molecule has 0 amide bonds. The van der Waals surface area contributed by atoms with Gasteiger partial charge in [0.15, 0.2) is 6.10 Å². The zero-order valence-corrected chi connectivity index (χ0v) is 48.2. The Labute approximate surface area is 448 Å². The van der Waals surface area contributed by atoms with Crippen molar-refractivity contribution in [1.82, 2.24) is 0 Å². The van der Waals surface area contributed by atoms with Gasteiger partial charge in [-0.3, -0.25) is 14.4 Å². The molecule has 0 aliphatic carbocycles. The first-order valence-electron chi connectivity index (χ1n) is 31.6. The molecule has 0 radical (unpaired) electrons. The van der Waals surface area contributed by atoms with E-state index in [0.717, 1.165) is 96.3 Å². The summed E-state index contributed by atoms with van der Waals surface area (Å²) in [5.74, 6) is -0.882. The summed E-state index contributed by atoms with van der Waals surface area (Å²) in [7, 11) is 0. The Bertz CT molecular complexity index is 1250. The average molecular weight is 1010 g/mol. The second kappa shape index (κ2) is 60.9. The predicted molar refractivity (Wildman–Crippen MR) is 312 cm³/mol. The second-order valence-electron chi connectivity index (χ2n) is 21.3. The van der Waals surface area contributed by atoms with Crippen molar-refractivity contribution in [2.45, 2.75) is 341 Å². The summed E-state index contributed by atoms with van der Waals surface area (Å²) in [6.07, 6.45) is 75.5. The van der Waals surface area contributed by atoms with Gasteiger partial charge in [0.1, 0.15) is 13.2 Å². The van der Waals surface area contributed by atoms with Gasteiger partial charge in [0, 0.05) is 19.3 Å². The molecule has 0 spiro atoms. The van der Waals surface area contributed by atoms with Gasteiger partial charge in [-0.05, 0) is 57.8 Å². The summed E-state index contributed by atoms with van der Waals surface area (Å²) < 4.78 is 16.9. The third-order valence-electron chi connectivity index (χ3n) is 14.1. The number of rotatable bonds is 58. The number of hydrogen-bond acceptors (Lipinski definition) is 6. The lowest BCUT2D eigenvalue weighted by molar-refractivity contribution is -0.167. The highest BCUT2D eigenvalue weighted by Gasteiger charge is 2.19. The molecule has 0 aromatic heterocycles. The van der Waals surface area contributed by atoms with Crippen molar-refractivity contribution in [3.63, 3.8) is 0 Å². The lowest BCUT2D eigenvalue weighted by Crippen LogP contribution is -2.30. The van der Waals surface area contributed by atoms with E-state index in [1.807, 2.05) is 0 Å². The zero-order valence-electron chi connectivity index (χ0n) is 48.2. The fourth-order valence-corrected chi connectivity index (χ4v) is 9.38. The van der Waals surface area contributed by atoms with Gasteiger partial charge in [-0.15, -0.1) is 0 Å². The summed E-state index contributed by atoms with van der Waals surface area (Å²) in [5, 5.41) is 0. The summed E-state index contributed by atoms with van der Waals surface area (Å²) in [5.41, 5.74) is 0. The molecule has 0 heterocycles. The van der Waals surface area contributed by atoms with Gasteiger partial charge in [0.25, 0.3) is 0 Å². The Balaban J connectivity index is 4.27. The molecule has 6 nitrogen and oxygen atoms in total. The SMILES string of the molecule is CC/C=C\C/C=C\C/C=C\C/C=C\CCCCCCC(=O)OC(COC(=O)CCCCCCCCCCCCCCC)COC(=O)CCCCCCCCCCCCCCCCCCCCCCCCCC. The van der Waals surface area contributed by atoms with Crippen molar-refractivity contribution >= 4 is 17.9 Å². The van der Waals surface area contributed by atoms with E-state index in [1.165, 1.54) is 199 Å². The van der Waals surface area contributed by atoms with Gasteiger partial charge in [-0.2, -0.15) is 0 Å². The fraction of sp³-hybridized carbons (Fsp3) is 0.833. The smallest absolute Gasteiger partial charge is 0.306 e. The molecule has 1 atom stereocenters. The molecule has 0 saturated carbocycles. The number of unbranched alkanes of at least 4 members (excludes halogenated alkanes) is 39. The first-order chi connectivity index (χ1) is 35.5. The molecule has 0 saturated heterocycles. The summed E-state index contributed by atoms with van der Waals surface area (Å²) in [6, 6.07) is 0. The van der Waals surface area contributed by atoms with Crippen LogP contribution in [0.15, 0.2) is 48.6 Å². The van der Waals surface area contributed by atoms with Gasteiger partial charge < -0.3 is 14.2 Å². The average Bonchev–Trinajstić information content (AvgIpc) is 3.38. The Morgan fingerprint density at radius 1 is 0.292 bits per heavy atom. The van der Waals surface area contributed by atoms with Gasteiger partial charge in [-0.25, -0.2) is 0 Å². The van der Waals surface area contributed by atoms with Gasteiger partial charge in [0.05, 0.1) is 0 Å². The number of carbonyl (C=O) groups is 3. The van der Waals surface area contributed by atoms with Crippen LogP contribution in [0.2, 0.25) is 0 Å². The molecule has 0 fully saturated rings. The van der Waals surface area contributed by atoms with Crippen LogP contribution in [0.5, 0.6) is 0 Å². The molecular weight excluding hydrogens is 889 g/mol. The Morgan fingerprint density at radius 3 is 0.847 bits per heavy atom. The number of hydrogen-bond donors (Lipinski definition) is 0. The van der Waals surface area contributed by atoms with Gasteiger partial charge in [-0.1, -0.05) is 307 Å². The van der Waals surface area contributed by atoms with Crippen LogP contribution in [0.1, 0.15) is 335 Å². The highest BCUT2D eigenvalue weighted by atomic mass is 16.6. The maximum Gasteiger partial charge on any atom is 0.306 e. The van der Waals surface area contributed by atoms with E-state index in [2.05, 4.69) is 69.4 Å². The monoisotopic (exact) mass is 1010 g/mol. The number of esters is 3. The van der Waals surface area contributed by atoms with Crippen LogP contribution in [0.3, 0.4) is 0 Å². The topological polar surface area (TPSA) is 78.9 Å². The van der Waals surface area contributed by atoms with E-state index in [9.17, 15) is 14.4 Å². The van der Waals surface area contributed by atoms with Crippen LogP contribution in [-0.2, 0) is 28.6 Å². The largest absolute Gasteiger partial charge is 0.462 e. The van der Waals surface area contributed by atoms with Crippen LogP contribution >= 0.6 is 0 Å². The molecule has 0 N–H and O–H groups in total. The van der Waals surface area contributed by atoms with Crippen molar-refractivity contribution in [2.24, 2.45) is 0 Å². The van der Waals surface area contributed by atoms with Crippen molar-refractivity contribution in [3.05, 3.63) is 48.6 Å². The van der Waals surface area contributed by atoms with Crippen LogP contribution < -0.4 is 0 Å². The molecule has 6 heteroatoms. The number of allylic oxidation sites excluding steroid dienone is 8. The first kappa shape index (κ1) is 69.4. The summed E-state index contributed by atoms with van der Waals surface area (Å²) in [4.78, 5) is 38.2. The van der Waals surface area contributed by atoms with Crippen molar-refractivity contribution in [1.29, 1.82) is 0 Å². The summed E-state index contributed by atoms with van der Waals surface area (Å²) in [6.45, 7) is 6.56. The minimum absolute atomic E-state index is 0.0785. The number of ether oxygens (including phenoxy) is 3. The molecule has 0 aromatic rings. The lowest BCUT2D eigenvalue weighted by atomic mass is 10.0. The molecular formula is C66H120O6. The number of carbonyl (C=O) groups excluding carboxylic acids is 3. The minimum Gasteiger partial charge on any atom is -0.462 e. The molecule has 0 bridgehead atoms. The van der Waals surface area contributed by atoms with Gasteiger partial charge in [0.2, 0.25) is 0 Å². The highest BCUT2D eigenvalue weighted by molar-refractivity contribution is 5.71. The molecule has 420 valence electrons. The maximum absolute atomic E-state index is 12.9. The van der Waals surface area contributed by atoms with E-state index < -0.39 is 6.10 Å². The quantitative estimate of drug-likeness (QED) is 0.0261. The highest BCUT2D eigenvalue weighted by Crippen LogP contribution is 2.18. The molecule has 0 aliphatic heterocycles. The predicted octanol–water partition coefficient (Wildman–Crippen LogP) is 21.4. The molecule has 1 unspecified atom stereocenters. The van der Waals surface area contributed by atoms with Crippen LogP contribution in [0.25, 0.3) is 0 Å². The molecule has 0 aromatic carbocycles. The standard InChI is InChI=1S/C66H120O6/c1-4-7-10-13-16-19-22-25-27-29-30-31-32-33-34-35-37-38-41-44-47-50-53-56-59-65(68)71-62-63(61-70-64(67)58-55-52-49-46-43-40-24-21-18-15-12-9-6-3)72-66(69)60-57-54-51-48-45-42-39-36-28-26-23-20-17-14-11-8-5-2/h8,11,17,20,26,28,39,42,63H,4-7,9-10,12-16,18-19,21-25,27,29-38,40-41,43-62H2,1-3H3/b11-8-,20-17-,28-26-,42-39-. The Hall–Kier alpha value is -2.63. The Morgan fingerprint density at radius 2 is 0.542 bits per heavy atom. The first-order valence-corrected chi connectivity index (χ1v) is 31.6.